The van der Waals surface area contributed by atoms with Crippen molar-refractivity contribution in [1.82, 2.24) is 4.90 Å². The Morgan fingerprint density at radius 3 is 2.32 bits per heavy atom. The third-order valence-electron chi connectivity index (χ3n) is 4.65. The van der Waals surface area contributed by atoms with Crippen LogP contribution in [-0.2, 0) is 4.74 Å². The molecule has 1 aliphatic heterocycles. The number of imide groups is 1. The molecule has 0 saturated heterocycles. The molecule has 28 heavy (non-hydrogen) atoms. The molecule has 0 spiro atoms. The molecule has 0 aliphatic carbocycles. The Hall–Kier alpha value is -3.28. The number of rotatable bonds is 7. The SMILES string of the molecule is CCCCN1C(=O)c2ccc(C(=O)OC(C)C(=O)c3ccccc3)cc2C1=O. The Balaban J connectivity index is 1.75. The topological polar surface area (TPSA) is 80.8 Å². The highest BCUT2D eigenvalue weighted by Gasteiger charge is 2.35. The van der Waals surface area contributed by atoms with E-state index in [1.807, 2.05) is 6.92 Å². The van der Waals surface area contributed by atoms with E-state index >= 15 is 0 Å². The van der Waals surface area contributed by atoms with Crippen molar-refractivity contribution in [3.8, 4) is 0 Å². The lowest BCUT2D eigenvalue weighted by atomic mass is 10.1. The number of ether oxygens (including phenoxy) is 1. The van der Waals surface area contributed by atoms with Crippen molar-refractivity contribution in [2.75, 3.05) is 6.54 Å². The third-order valence-corrected chi connectivity index (χ3v) is 4.65. The Morgan fingerprint density at radius 2 is 1.64 bits per heavy atom. The van der Waals surface area contributed by atoms with Crippen LogP contribution in [0.5, 0.6) is 0 Å². The van der Waals surface area contributed by atoms with Gasteiger partial charge in [-0.2, -0.15) is 0 Å². The molecule has 0 aromatic heterocycles. The zero-order valence-corrected chi connectivity index (χ0v) is 15.8. The minimum atomic E-state index is -0.971. The zero-order chi connectivity index (χ0) is 20.3. The van der Waals surface area contributed by atoms with Crippen molar-refractivity contribution in [2.24, 2.45) is 0 Å². The number of unbranched alkanes of at least 4 members (excludes halogenated alkanes) is 1. The van der Waals surface area contributed by atoms with Gasteiger partial charge in [0.05, 0.1) is 16.7 Å². The first-order valence-electron chi connectivity index (χ1n) is 9.24. The lowest BCUT2D eigenvalue weighted by molar-refractivity contribution is 0.0318. The molecule has 2 amide bonds. The molecule has 1 heterocycles. The average molecular weight is 379 g/mol. The molecular formula is C22H21NO5. The second kappa shape index (κ2) is 8.17. The van der Waals surface area contributed by atoms with Gasteiger partial charge in [-0.1, -0.05) is 43.7 Å². The molecule has 0 N–H and O–H groups in total. The van der Waals surface area contributed by atoms with Crippen LogP contribution in [0, 0.1) is 0 Å². The van der Waals surface area contributed by atoms with Gasteiger partial charge in [0, 0.05) is 12.1 Å². The van der Waals surface area contributed by atoms with Crippen LogP contribution in [0.3, 0.4) is 0 Å². The molecule has 0 radical (unpaired) electrons. The van der Waals surface area contributed by atoms with Gasteiger partial charge in [0.25, 0.3) is 11.8 Å². The maximum absolute atomic E-state index is 12.5. The van der Waals surface area contributed by atoms with E-state index in [1.165, 1.54) is 30.0 Å². The van der Waals surface area contributed by atoms with Gasteiger partial charge in [-0.15, -0.1) is 0 Å². The largest absolute Gasteiger partial charge is 0.451 e. The molecule has 3 rings (SSSR count). The maximum Gasteiger partial charge on any atom is 0.338 e. The molecular weight excluding hydrogens is 358 g/mol. The number of amides is 2. The van der Waals surface area contributed by atoms with Crippen LogP contribution in [0.15, 0.2) is 48.5 Å². The maximum atomic E-state index is 12.5. The number of carbonyl (C=O) groups excluding carboxylic acids is 4. The van der Waals surface area contributed by atoms with E-state index in [0.29, 0.717) is 12.1 Å². The summed E-state index contributed by atoms with van der Waals surface area (Å²) in [5, 5.41) is 0. The van der Waals surface area contributed by atoms with E-state index in [-0.39, 0.29) is 28.4 Å². The van der Waals surface area contributed by atoms with Gasteiger partial charge >= 0.3 is 5.97 Å². The van der Waals surface area contributed by atoms with E-state index in [4.69, 9.17) is 4.74 Å². The van der Waals surface area contributed by atoms with E-state index in [0.717, 1.165) is 12.8 Å². The fourth-order valence-corrected chi connectivity index (χ4v) is 3.06. The fraction of sp³-hybridized carbons (Fsp3) is 0.273. The number of ketones is 1. The monoisotopic (exact) mass is 379 g/mol. The summed E-state index contributed by atoms with van der Waals surface area (Å²) in [6, 6.07) is 12.8. The molecule has 1 atom stereocenters. The van der Waals surface area contributed by atoms with Crippen LogP contribution >= 0.6 is 0 Å². The van der Waals surface area contributed by atoms with E-state index in [1.54, 1.807) is 30.3 Å². The van der Waals surface area contributed by atoms with Crippen molar-refractivity contribution in [2.45, 2.75) is 32.8 Å². The van der Waals surface area contributed by atoms with Gasteiger partial charge in [-0.3, -0.25) is 19.3 Å². The summed E-state index contributed by atoms with van der Waals surface area (Å²) in [7, 11) is 0. The number of hydrogen-bond acceptors (Lipinski definition) is 5. The minimum Gasteiger partial charge on any atom is -0.451 e. The van der Waals surface area contributed by atoms with Crippen molar-refractivity contribution < 1.29 is 23.9 Å². The standard InChI is InChI=1S/C22H21NO5/c1-3-4-12-23-20(25)17-11-10-16(13-18(17)21(23)26)22(27)28-14(2)19(24)15-8-6-5-7-9-15/h5-11,13-14H,3-4,12H2,1-2H3. The van der Waals surface area contributed by atoms with Crippen LogP contribution in [0.25, 0.3) is 0 Å². The highest BCUT2D eigenvalue weighted by atomic mass is 16.5. The van der Waals surface area contributed by atoms with Crippen LogP contribution in [-0.4, -0.2) is 41.1 Å². The van der Waals surface area contributed by atoms with Crippen LogP contribution < -0.4 is 0 Å². The normalized spacial score (nSPS) is 14.0. The Kier molecular flexibility index (Phi) is 5.68. The molecule has 1 aliphatic rings. The van der Waals surface area contributed by atoms with Crippen LogP contribution in [0.4, 0.5) is 0 Å². The number of hydrogen-bond donors (Lipinski definition) is 0. The van der Waals surface area contributed by atoms with Crippen molar-refractivity contribution >= 4 is 23.6 Å². The Labute approximate surface area is 163 Å². The van der Waals surface area contributed by atoms with Gasteiger partial charge in [0.15, 0.2) is 6.10 Å². The Morgan fingerprint density at radius 1 is 0.964 bits per heavy atom. The summed E-state index contributed by atoms with van der Waals surface area (Å²) >= 11 is 0. The molecule has 0 fully saturated rings. The molecule has 0 saturated carbocycles. The molecule has 0 bridgehead atoms. The summed E-state index contributed by atoms with van der Waals surface area (Å²) in [5.41, 5.74) is 1.05. The van der Waals surface area contributed by atoms with Gasteiger partial charge in [0.1, 0.15) is 0 Å². The van der Waals surface area contributed by atoms with Crippen LogP contribution in [0.1, 0.15) is 68.1 Å². The number of nitrogens with zero attached hydrogens (tertiary/aromatic N) is 1. The number of fused-ring (bicyclic) bond motifs is 1. The average Bonchev–Trinajstić information content (AvgIpc) is 2.96. The van der Waals surface area contributed by atoms with Gasteiger partial charge < -0.3 is 4.74 Å². The van der Waals surface area contributed by atoms with Gasteiger partial charge in [-0.05, 0) is 31.5 Å². The van der Waals surface area contributed by atoms with Crippen LogP contribution in [0.2, 0.25) is 0 Å². The summed E-state index contributed by atoms with van der Waals surface area (Å²) in [6.45, 7) is 3.83. The first-order chi connectivity index (χ1) is 13.4. The van der Waals surface area contributed by atoms with Crippen molar-refractivity contribution in [3.63, 3.8) is 0 Å². The summed E-state index contributed by atoms with van der Waals surface area (Å²) in [5.74, 6) is -1.78. The number of carbonyl (C=O) groups is 4. The highest BCUT2D eigenvalue weighted by Crippen LogP contribution is 2.25. The highest BCUT2D eigenvalue weighted by molar-refractivity contribution is 6.22. The molecule has 2 aromatic carbocycles. The summed E-state index contributed by atoms with van der Waals surface area (Å²) in [4.78, 5) is 50.9. The number of Topliss-reactive ketones (excluding diaryl/α,β-unsaturated/α-hetero) is 1. The van der Waals surface area contributed by atoms with Crippen molar-refractivity contribution in [3.05, 3.63) is 70.8 Å². The zero-order valence-electron chi connectivity index (χ0n) is 15.8. The fourth-order valence-electron chi connectivity index (χ4n) is 3.06. The van der Waals surface area contributed by atoms with E-state index in [9.17, 15) is 19.2 Å². The summed E-state index contributed by atoms with van der Waals surface area (Å²) in [6.07, 6.45) is 0.610. The molecule has 6 nitrogen and oxygen atoms in total. The van der Waals surface area contributed by atoms with E-state index < -0.39 is 18.0 Å². The second-order valence-electron chi connectivity index (χ2n) is 6.65. The van der Waals surface area contributed by atoms with Gasteiger partial charge in [-0.25, -0.2) is 4.79 Å². The van der Waals surface area contributed by atoms with Crippen molar-refractivity contribution in [1.29, 1.82) is 0 Å². The number of esters is 1. The molecule has 1 unspecified atom stereocenters. The first kappa shape index (κ1) is 19.5. The predicted octanol–water partition coefficient (Wildman–Crippen LogP) is 3.51. The summed E-state index contributed by atoms with van der Waals surface area (Å²) < 4.78 is 5.27. The predicted molar refractivity (Wildman–Crippen MR) is 102 cm³/mol. The first-order valence-corrected chi connectivity index (χ1v) is 9.24. The Bertz CT molecular complexity index is 935. The molecule has 6 heteroatoms. The minimum absolute atomic E-state index is 0.130. The third kappa shape index (κ3) is 3.71. The lowest BCUT2D eigenvalue weighted by Crippen LogP contribution is -2.30. The van der Waals surface area contributed by atoms with Gasteiger partial charge in [0.2, 0.25) is 5.78 Å². The quantitative estimate of drug-likeness (QED) is 0.418. The smallest absolute Gasteiger partial charge is 0.338 e. The molecule has 2 aromatic rings. The number of benzene rings is 2. The van der Waals surface area contributed by atoms with E-state index in [2.05, 4.69) is 0 Å². The second-order valence-corrected chi connectivity index (χ2v) is 6.65. The molecule has 144 valence electrons. The lowest BCUT2D eigenvalue weighted by Gasteiger charge is -2.13.